The number of thiophene rings is 1. The number of nitrogens with two attached hydrogens (primary N) is 1. The molecule has 25 heavy (non-hydrogen) atoms. The highest BCUT2D eigenvalue weighted by Gasteiger charge is 2.40. The van der Waals surface area contributed by atoms with Gasteiger partial charge in [0.2, 0.25) is 15.9 Å². The van der Waals surface area contributed by atoms with Crippen LogP contribution in [0.1, 0.15) is 45.4 Å². The summed E-state index contributed by atoms with van der Waals surface area (Å²) >= 11 is 1.21. The van der Waals surface area contributed by atoms with Crippen molar-refractivity contribution in [2.45, 2.75) is 61.2 Å². The van der Waals surface area contributed by atoms with Gasteiger partial charge < -0.3 is 10.6 Å². The van der Waals surface area contributed by atoms with Crippen LogP contribution in [-0.2, 0) is 14.8 Å². The molecule has 140 valence electrons. The number of carbonyl (C=O) groups is 1. The van der Waals surface area contributed by atoms with Crippen molar-refractivity contribution >= 4 is 27.3 Å². The monoisotopic (exact) mass is 385 g/mol. The Morgan fingerprint density at radius 2 is 2.04 bits per heavy atom. The van der Waals surface area contributed by atoms with Crippen LogP contribution in [0.4, 0.5) is 0 Å². The van der Waals surface area contributed by atoms with Gasteiger partial charge in [-0.05, 0) is 44.1 Å². The van der Waals surface area contributed by atoms with Crippen LogP contribution in [0.3, 0.4) is 0 Å². The molecule has 2 aliphatic rings. The van der Waals surface area contributed by atoms with Gasteiger partial charge in [-0.2, -0.15) is 0 Å². The summed E-state index contributed by atoms with van der Waals surface area (Å²) < 4.78 is 27.7. The van der Waals surface area contributed by atoms with E-state index in [9.17, 15) is 13.2 Å². The van der Waals surface area contributed by atoms with Gasteiger partial charge in [0.05, 0.1) is 5.92 Å². The molecular weight excluding hydrogens is 358 g/mol. The van der Waals surface area contributed by atoms with Gasteiger partial charge in [-0.15, -0.1) is 11.3 Å². The van der Waals surface area contributed by atoms with Gasteiger partial charge in [0, 0.05) is 24.7 Å². The summed E-state index contributed by atoms with van der Waals surface area (Å²) in [5, 5.41) is 1.75. The van der Waals surface area contributed by atoms with Crippen LogP contribution >= 0.6 is 11.3 Å². The normalized spacial score (nSPS) is 28.9. The van der Waals surface area contributed by atoms with Crippen LogP contribution in [0.2, 0.25) is 0 Å². The van der Waals surface area contributed by atoms with Gasteiger partial charge in [-0.1, -0.05) is 18.9 Å². The fourth-order valence-corrected chi connectivity index (χ4v) is 6.21. The van der Waals surface area contributed by atoms with E-state index in [0.29, 0.717) is 30.1 Å². The second-order valence-corrected chi connectivity index (χ2v) is 10.3. The second-order valence-electron chi connectivity index (χ2n) is 7.46. The molecule has 1 aromatic rings. The molecule has 8 heteroatoms. The first-order chi connectivity index (χ1) is 11.8. The molecule has 1 saturated carbocycles. The number of likely N-dealkylation sites (tertiary alicyclic amines) is 1. The maximum absolute atomic E-state index is 12.9. The molecule has 0 bridgehead atoms. The topological polar surface area (TPSA) is 92.5 Å². The number of sulfonamides is 1. The summed E-state index contributed by atoms with van der Waals surface area (Å²) in [4.78, 5) is 14.7. The van der Waals surface area contributed by atoms with Gasteiger partial charge in [-0.3, -0.25) is 4.79 Å². The molecule has 0 spiro atoms. The Balaban J connectivity index is 1.56. The van der Waals surface area contributed by atoms with Crippen LogP contribution in [0.25, 0.3) is 0 Å². The van der Waals surface area contributed by atoms with Crippen LogP contribution in [0.15, 0.2) is 21.7 Å². The lowest BCUT2D eigenvalue weighted by Gasteiger charge is -2.41. The third kappa shape index (κ3) is 4.24. The Hall–Kier alpha value is -0.960. The number of piperidine rings is 1. The third-order valence-electron chi connectivity index (χ3n) is 5.44. The minimum atomic E-state index is -3.45. The van der Waals surface area contributed by atoms with Gasteiger partial charge in [0.25, 0.3) is 0 Å². The molecule has 1 saturated heterocycles. The fraction of sp³-hybridized carbons (Fsp3) is 0.706. The van der Waals surface area contributed by atoms with E-state index in [1.165, 1.54) is 11.3 Å². The summed E-state index contributed by atoms with van der Waals surface area (Å²) in [5.74, 6) is 0.0323. The van der Waals surface area contributed by atoms with Gasteiger partial charge >= 0.3 is 0 Å². The number of nitrogens with zero attached hydrogens (tertiary/aromatic N) is 1. The molecule has 2 atom stereocenters. The van der Waals surface area contributed by atoms with Crippen LogP contribution in [-0.4, -0.2) is 43.9 Å². The first-order valence-electron chi connectivity index (χ1n) is 8.93. The average molecular weight is 386 g/mol. The second kappa shape index (κ2) is 7.34. The summed E-state index contributed by atoms with van der Waals surface area (Å²) in [7, 11) is -3.45. The Bertz CT molecular complexity index is 693. The zero-order valence-corrected chi connectivity index (χ0v) is 16.2. The predicted octanol–water partition coefficient (Wildman–Crippen LogP) is 1.93. The van der Waals surface area contributed by atoms with Gasteiger partial charge in [0.15, 0.2) is 0 Å². The van der Waals surface area contributed by atoms with Crippen molar-refractivity contribution < 1.29 is 13.2 Å². The van der Waals surface area contributed by atoms with E-state index in [4.69, 9.17) is 5.73 Å². The Labute approximate surface area is 153 Å². The highest BCUT2D eigenvalue weighted by Crippen LogP contribution is 2.33. The number of rotatable bonds is 4. The first-order valence-corrected chi connectivity index (χ1v) is 11.3. The maximum Gasteiger partial charge on any atom is 0.250 e. The molecule has 0 aromatic carbocycles. The molecular formula is C17H27N3O3S2. The van der Waals surface area contributed by atoms with Gasteiger partial charge in [-0.25, -0.2) is 13.1 Å². The SMILES string of the molecule is CC1(N)CCCCC1C(=O)N1CCC(NS(=O)(=O)c2cccs2)CC1. The van der Waals surface area contributed by atoms with Crippen LogP contribution in [0.5, 0.6) is 0 Å². The largest absolute Gasteiger partial charge is 0.342 e. The Kier molecular flexibility index (Phi) is 5.53. The predicted molar refractivity (Wildman–Crippen MR) is 98.8 cm³/mol. The van der Waals surface area contributed by atoms with E-state index >= 15 is 0 Å². The minimum absolute atomic E-state index is 0.111. The number of carbonyl (C=O) groups excluding carboxylic acids is 1. The minimum Gasteiger partial charge on any atom is -0.342 e. The first kappa shape index (κ1) is 18.8. The molecule has 1 aromatic heterocycles. The standard InChI is InChI=1S/C17H27N3O3S2/c1-17(18)9-3-2-5-14(17)16(21)20-10-7-13(8-11-20)19-25(22,23)15-6-4-12-24-15/h4,6,12-14,19H,2-3,5,7-11,18H2,1H3. The van der Waals surface area contributed by atoms with E-state index in [1.54, 1.807) is 17.5 Å². The molecule has 0 radical (unpaired) electrons. The average Bonchev–Trinajstić information content (AvgIpc) is 3.10. The number of hydrogen-bond acceptors (Lipinski definition) is 5. The number of amides is 1. The van der Waals surface area contributed by atoms with Crippen LogP contribution in [0, 0.1) is 5.92 Å². The Morgan fingerprint density at radius 1 is 1.32 bits per heavy atom. The number of hydrogen-bond donors (Lipinski definition) is 2. The van der Waals surface area contributed by atoms with Gasteiger partial charge in [0.1, 0.15) is 4.21 Å². The van der Waals surface area contributed by atoms with Crippen molar-refractivity contribution in [3.63, 3.8) is 0 Å². The molecule has 3 rings (SSSR count). The van der Waals surface area contributed by atoms with Crippen molar-refractivity contribution in [2.24, 2.45) is 11.7 Å². The highest BCUT2D eigenvalue weighted by atomic mass is 32.2. The van der Waals surface area contributed by atoms with Crippen molar-refractivity contribution in [1.82, 2.24) is 9.62 Å². The molecule has 6 nitrogen and oxygen atoms in total. The van der Waals surface area contributed by atoms with E-state index in [2.05, 4.69) is 4.72 Å². The van der Waals surface area contributed by atoms with E-state index in [0.717, 1.165) is 25.7 Å². The zero-order valence-electron chi connectivity index (χ0n) is 14.6. The highest BCUT2D eigenvalue weighted by molar-refractivity contribution is 7.91. The molecule has 3 N–H and O–H groups in total. The van der Waals surface area contributed by atoms with E-state index in [-0.39, 0.29) is 17.9 Å². The van der Waals surface area contributed by atoms with Crippen molar-refractivity contribution in [3.05, 3.63) is 17.5 Å². The number of nitrogens with one attached hydrogen (secondary N) is 1. The van der Waals surface area contributed by atoms with Crippen LogP contribution < -0.4 is 10.5 Å². The summed E-state index contributed by atoms with van der Waals surface area (Å²) in [5.41, 5.74) is 5.93. The zero-order chi connectivity index (χ0) is 18.1. The molecule has 1 aliphatic carbocycles. The summed E-state index contributed by atoms with van der Waals surface area (Å²) in [6.45, 7) is 3.16. The van der Waals surface area contributed by atoms with Crippen molar-refractivity contribution in [2.75, 3.05) is 13.1 Å². The lowest BCUT2D eigenvalue weighted by Crippen LogP contribution is -2.55. The van der Waals surface area contributed by atoms with E-state index in [1.807, 2.05) is 11.8 Å². The lowest BCUT2D eigenvalue weighted by molar-refractivity contribution is -0.140. The molecule has 1 aliphatic heterocycles. The lowest BCUT2D eigenvalue weighted by atomic mass is 9.74. The fourth-order valence-electron chi connectivity index (χ4n) is 3.90. The molecule has 2 unspecified atom stereocenters. The van der Waals surface area contributed by atoms with Crippen molar-refractivity contribution in [3.8, 4) is 0 Å². The Morgan fingerprint density at radius 3 is 2.64 bits per heavy atom. The molecule has 2 heterocycles. The van der Waals surface area contributed by atoms with E-state index < -0.39 is 15.6 Å². The summed E-state index contributed by atoms with van der Waals surface area (Å²) in [6, 6.07) is 3.22. The summed E-state index contributed by atoms with van der Waals surface area (Å²) in [6.07, 6.45) is 5.18. The van der Waals surface area contributed by atoms with Crippen molar-refractivity contribution in [1.29, 1.82) is 0 Å². The smallest absolute Gasteiger partial charge is 0.250 e. The molecule has 2 fully saturated rings. The third-order valence-corrected chi connectivity index (χ3v) is 8.36. The quantitative estimate of drug-likeness (QED) is 0.828. The molecule has 1 amide bonds. The maximum atomic E-state index is 12.9.